The molecule has 2 saturated heterocycles. The first-order valence-corrected chi connectivity index (χ1v) is 23.4. The zero-order valence-corrected chi connectivity index (χ0v) is 38.2. The summed E-state index contributed by atoms with van der Waals surface area (Å²) >= 11 is 0. The van der Waals surface area contributed by atoms with E-state index >= 15 is 4.79 Å². The highest BCUT2D eigenvalue weighted by Gasteiger charge is 2.79. The first-order chi connectivity index (χ1) is 30.7. The number of aromatic nitrogens is 1. The smallest absolute Gasteiger partial charge is 0.342 e. The zero-order chi connectivity index (χ0) is 45.0. The number of carbonyl (C=O) groups is 2. The van der Waals surface area contributed by atoms with E-state index in [9.17, 15) is 20.1 Å². The summed E-state index contributed by atoms with van der Waals surface area (Å²) in [5.74, 6) is -0.711. The molecule has 1 aliphatic carbocycles. The van der Waals surface area contributed by atoms with E-state index in [0.717, 1.165) is 57.5 Å². The maximum Gasteiger partial charge on any atom is 0.342 e. The highest BCUT2D eigenvalue weighted by atomic mass is 16.5. The van der Waals surface area contributed by atoms with Gasteiger partial charge in [0.15, 0.2) is 0 Å². The van der Waals surface area contributed by atoms with Crippen molar-refractivity contribution < 1.29 is 43.6 Å². The van der Waals surface area contributed by atoms with E-state index in [0.29, 0.717) is 75.9 Å². The van der Waals surface area contributed by atoms with Crippen molar-refractivity contribution in [2.45, 2.75) is 106 Å². The molecule has 64 heavy (non-hydrogen) atoms. The number of hydrogen-bond donors (Lipinski definition) is 4. The minimum Gasteiger partial charge on any atom is -0.496 e. The maximum absolute atomic E-state index is 15.5. The fourth-order valence-electron chi connectivity index (χ4n) is 14.9. The van der Waals surface area contributed by atoms with Gasteiger partial charge in [-0.1, -0.05) is 74.5 Å². The number of hydrogen-bond acceptors (Lipinski definition) is 10. The highest BCUT2D eigenvalue weighted by Crippen LogP contribution is 2.67. The van der Waals surface area contributed by atoms with E-state index in [-0.39, 0.29) is 12.0 Å². The topological polar surface area (TPSA) is 145 Å². The molecular weight excluding hydrogens is 809 g/mol. The van der Waals surface area contributed by atoms with Crippen LogP contribution in [0.3, 0.4) is 0 Å². The number of aliphatic hydroxyl groups is 3. The molecular formula is C52H65N4O8+. The molecule has 6 heterocycles. The van der Waals surface area contributed by atoms with Crippen LogP contribution in [0.5, 0.6) is 5.75 Å². The summed E-state index contributed by atoms with van der Waals surface area (Å²) in [5.41, 5.74) is -0.124. The molecule has 12 nitrogen and oxygen atoms in total. The van der Waals surface area contributed by atoms with Gasteiger partial charge >= 0.3 is 11.9 Å². The molecule has 2 bridgehead atoms. The molecule has 0 amide bonds. The third-order valence-corrected chi connectivity index (χ3v) is 17.4. The Labute approximate surface area is 376 Å². The lowest BCUT2D eigenvalue weighted by Gasteiger charge is -2.63. The minimum absolute atomic E-state index is 0.0874. The van der Waals surface area contributed by atoms with Crippen LogP contribution in [0.1, 0.15) is 80.3 Å². The van der Waals surface area contributed by atoms with E-state index in [4.69, 9.17) is 14.2 Å². The molecule has 6 aliphatic rings. The number of anilines is 1. The number of H-pyrrole nitrogens is 1. The summed E-state index contributed by atoms with van der Waals surface area (Å²) in [6.45, 7) is 8.54. The van der Waals surface area contributed by atoms with Crippen molar-refractivity contribution in [1.82, 2.24) is 9.88 Å². The standard InChI is InChI=1S/C52H65N4O8/c1-7-48(60)29-34-19-22-50(46(58)63-5,42-36(35-17-12-13-18-39(35)53-42)20-26-56(31-34,32-48)30-33-15-10-9-11-16-33)38-27-37-40(28-41(38)62-4)54(3)44-51(37)23-25-55-24-14-21-49(8-2,43(51)55)45(57)52(44,61)47(59)64-6/h9-18,21,27-28,34,43-45,53,57,60-61H,7-8,19-20,22-26,29-32H2,1-6H3/q+1/t34-,43-,44+,45+,48+,49+,50-,51+,52-,56?/m0/s1. The Morgan fingerprint density at radius 1 is 0.922 bits per heavy atom. The number of rotatable bonds is 8. The van der Waals surface area contributed by atoms with Gasteiger partial charge in [0.05, 0.1) is 40.5 Å². The monoisotopic (exact) mass is 873 g/mol. The Hall–Kier alpha value is -4.72. The molecule has 3 fully saturated rings. The van der Waals surface area contributed by atoms with Crippen molar-refractivity contribution >= 4 is 28.5 Å². The van der Waals surface area contributed by atoms with Crippen LogP contribution in [0.2, 0.25) is 0 Å². The fraction of sp³-hybridized carbons (Fsp3) is 0.538. The molecule has 1 saturated carbocycles. The summed E-state index contributed by atoms with van der Waals surface area (Å²) in [7, 11) is 6.23. The van der Waals surface area contributed by atoms with Crippen molar-refractivity contribution in [2.24, 2.45) is 11.3 Å². The zero-order valence-electron chi connectivity index (χ0n) is 38.2. The van der Waals surface area contributed by atoms with Crippen LogP contribution in [0.15, 0.2) is 78.9 Å². The minimum atomic E-state index is -2.30. The van der Waals surface area contributed by atoms with Gasteiger partial charge in [0.2, 0.25) is 5.60 Å². The van der Waals surface area contributed by atoms with E-state index in [1.165, 1.54) is 19.8 Å². The second-order valence-corrected chi connectivity index (χ2v) is 20.3. The number of aliphatic hydroxyl groups excluding tert-OH is 1. The molecule has 4 N–H and O–H groups in total. The first kappa shape index (κ1) is 43.2. The molecule has 1 unspecified atom stereocenters. The lowest BCUT2D eigenvalue weighted by Crippen LogP contribution is -2.80. The number of likely N-dealkylation sites (N-methyl/N-ethyl adjacent to an activating group) is 1. The van der Waals surface area contributed by atoms with Crippen LogP contribution in [0.4, 0.5) is 5.69 Å². The lowest BCUT2D eigenvalue weighted by atomic mass is 9.47. The maximum atomic E-state index is 15.5. The number of piperidine rings is 1. The summed E-state index contributed by atoms with van der Waals surface area (Å²) in [6.07, 6.45) is 6.61. The number of fused-ring (bicyclic) bond motifs is 6. The Bertz CT molecular complexity index is 2530. The normalized spacial score (nSPS) is 36.4. The van der Waals surface area contributed by atoms with E-state index in [1.807, 2.05) is 43.1 Å². The molecule has 0 radical (unpaired) electrons. The number of ether oxygens (including phenoxy) is 3. The Kier molecular flexibility index (Phi) is 10.2. The van der Waals surface area contributed by atoms with E-state index in [2.05, 4.69) is 71.4 Å². The highest BCUT2D eigenvalue weighted by molar-refractivity contribution is 5.94. The number of benzene rings is 3. The number of nitrogens with one attached hydrogen (secondary N) is 1. The van der Waals surface area contributed by atoms with Gasteiger partial charge in [-0.05, 0) is 68.3 Å². The third kappa shape index (κ3) is 5.71. The van der Waals surface area contributed by atoms with Crippen molar-refractivity contribution in [1.29, 1.82) is 0 Å². The predicted molar refractivity (Wildman–Crippen MR) is 244 cm³/mol. The third-order valence-electron chi connectivity index (χ3n) is 17.4. The average Bonchev–Trinajstić information content (AvgIpc) is 3.97. The number of para-hydroxylation sites is 1. The van der Waals surface area contributed by atoms with Crippen LogP contribution in [0.25, 0.3) is 10.9 Å². The van der Waals surface area contributed by atoms with Gasteiger partial charge in [-0.25, -0.2) is 4.79 Å². The molecule has 1 spiro atoms. The average molecular weight is 874 g/mol. The number of aromatic amines is 1. The largest absolute Gasteiger partial charge is 0.496 e. The van der Waals surface area contributed by atoms with E-state index < -0.39 is 51.5 Å². The second kappa shape index (κ2) is 15.2. The molecule has 1 aromatic heterocycles. The van der Waals surface area contributed by atoms with Gasteiger partial charge in [-0.3, -0.25) is 9.69 Å². The van der Waals surface area contributed by atoms with Crippen molar-refractivity contribution in [2.75, 3.05) is 66.0 Å². The Morgan fingerprint density at radius 3 is 2.39 bits per heavy atom. The first-order valence-electron chi connectivity index (χ1n) is 23.4. The van der Waals surface area contributed by atoms with Crippen LogP contribution in [-0.2, 0) is 42.9 Å². The number of esters is 2. The molecule has 3 aromatic carbocycles. The summed E-state index contributed by atoms with van der Waals surface area (Å²) in [6, 6.07) is 21.8. The Morgan fingerprint density at radius 2 is 1.67 bits per heavy atom. The Balaban J connectivity index is 1.23. The van der Waals surface area contributed by atoms with Crippen molar-refractivity contribution in [3.05, 3.63) is 107 Å². The molecule has 5 aliphatic heterocycles. The predicted octanol–water partition coefficient (Wildman–Crippen LogP) is 5.53. The van der Waals surface area contributed by atoms with Crippen LogP contribution >= 0.6 is 0 Å². The van der Waals surface area contributed by atoms with Gasteiger partial charge in [0, 0.05) is 82.3 Å². The molecule has 12 heteroatoms. The van der Waals surface area contributed by atoms with Gasteiger partial charge < -0.3 is 43.9 Å². The van der Waals surface area contributed by atoms with Gasteiger partial charge in [-0.15, -0.1) is 0 Å². The number of carbonyl (C=O) groups excluding carboxylic acids is 2. The SMILES string of the molecule is CC[C@@]1(O)C[C@@H]2CC[C@](C(=O)OC)(c3cc4c(cc3OC)N(C)[C@H]3[C@@](O)(C(=O)OC)[C@H](O)[C@]5(CC)C=CCN6CC[C@]43[C@@H]65)c3[nH]c4ccccc4c3CC[N+](Cc3ccccc3)(C2)C1. The molecule has 4 aromatic rings. The van der Waals surface area contributed by atoms with Gasteiger partial charge in [0.1, 0.15) is 36.0 Å². The van der Waals surface area contributed by atoms with E-state index in [1.54, 1.807) is 7.11 Å². The van der Waals surface area contributed by atoms with Gasteiger partial charge in [-0.2, -0.15) is 0 Å². The molecule has 10 atom stereocenters. The number of quaternary nitrogens is 1. The summed E-state index contributed by atoms with van der Waals surface area (Å²) in [5, 5.41) is 39.1. The van der Waals surface area contributed by atoms with Crippen LogP contribution in [0, 0.1) is 11.3 Å². The number of nitrogens with zero attached hydrogens (tertiary/aromatic N) is 3. The van der Waals surface area contributed by atoms with Crippen LogP contribution in [-0.4, -0.2) is 132 Å². The lowest BCUT2D eigenvalue weighted by molar-refractivity contribution is -0.955. The summed E-state index contributed by atoms with van der Waals surface area (Å²) < 4.78 is 18.6. The second-order valence-electron chi connectivity index (χ2n) is 20.3. The van der Waals surface area contributed by atoms with Gasteiger partial charge in [0.25, 0.3) is 0 Å². The van der Waals surface area contributed by atoms with Crippen molar-refractivity contribution in [3.63, 3.8) is 0 Å². The molecule has 10 rings (SSSR count). The van der Waals surface area contributed by atoms with Crippen molar-refractivity contribution in [3.8, 4) is 5.75 Å². The summed E-state index contributed by atoms with van der Waals surface area (Å²) in [4.78, 5) is 37.9. The van der Waals surface area contributed by atoms with Crippen LogP contribution < -0.4 is 9.64 Å². The fourth-order valence-corrected chi connectivity index (χ4v) is 14.9. The quantitative estimate of drug-likeness (QED) is 0.102. The number of methoxy groups -OCH3 is 3. The molecule has 340 valence electrons.